The molecule has 0 aromatic heterocycles. The lowest BCUT2D eigenvalue weighted by atomic mass is 10.0. The van der Waals surface area contributed by atoms with Crippen LogP contribution < -0.4 is 5.32 Å². The predicted octanol–water partition coefficient (Wildman–Crippen LogP) is 9.01. The maximum atomic E-state index is 12.2. The summed E-state index contributed by atoms with van der Waals surface area (Å²) in [5, 5.41) is 22.9. The number of carbonyl (C=O) groups excluding carboxylic acids is 1. The first-order valence-corrected chi connectivity index (χ1v) is 16.2. The number of hydrogen-bond acceptors (Lipinski definition) is 3. The lowest BCUT2D eigenvalue weighted by molar-refractivity contribution is -0.123. The van der Waals surface area contributed by atoms with Gasteiger partial charge in [0, 0.05) is 6.42 Å². The highest BCUT2D eigenvalue weighted by Crippen LogP contribution is 2.15. The van der Waals surface area contributed by atoms with Crippen molar-refractivity contribution in [1.29, 1.82) is 0 Å². The topological polar surface area (TPSA) is 69.6 Å². The van der Waals surface area contributed by atoms with Gasteiger partial charge in [0.05, 0.1) is 18.8 Å². The Morgan fingerprint density at radius 2 is 0.889 bits per heavy atom. The molecule has 0 heterocycles. The van der Waals surface area contributed by atoms with Crippen molar-refractivity contribution in [3.05, 3.63) is 0 Å². The van der Waals surface area contributed by atoms with Crippen LogP contribution in [0.1, 0.15) is 181 Å². The highest BCUT2D eigenvalue weighted by atomic mass is 16.3. The minimum absolute atomic E-state index is 0.0330. The average Bonchev–Trinajstić information content (AvgIpc) is 2.88. The van der Waals surface area contributed by atoms with Crippen molar-refractivity contribution in [2.75, 3.05) is 6.61 Å². The molecule has 0 saturated heterocycles. The van der Waals surface area contributed by atoms with Crippen LogP contribution in [0, 0.1) is 0 Å². The van der Waals surface area contributed by atoms with Crippen LogP contribution in [0.2, 0.25) is 0 Å². The highest BCUT2D eigenvalue weighted by Gasteiger charge is 2.19. The van der Waals surface area contributed by atoms with E-state index in [1.807, 2.05) is 0 Å². The molecule has 4 nitrogen and oxygen atoms in total. The van der Waals surface area contributed by atoms with Gasteiger partial charge in [-0.05, 0) is 12.8 Å². The van der Waals surface area contributed by atoms with E-state index in [2.05, 4.69) is 19.2 Å². The molecule has 0 radical (unpaired) electrons. The van der Waals surface area contributed by atoms with Gasteiger partial charge in [0.15, 0.2) is 0 Å². The van der Waals surface area contributed by atoms with Crippen molar-refractivity contribution in [3.63, 3.8) is 0 Å². The van der Waals surface area contributed by atoms with Crippen LogP contribution >= 0.6 is 0 Å². The largest absolute Gasteiger partial charge is 0.394 e. The summed E-state index contributed by atoms with van der Waals surface area (Å²) in [6.45, 7) is 4.33. The number of carbonyl (C=O) groups is 1. The third-order valence-electron chi connectivity index (χ3n) is 7.62. The molecular formula is C32H65NO3. The van der Waals surface area contributed by atoms with Crippen molar-refractivity contribution in [1.82, 2.24) is 5.32 Å². The van der Waals surface area contributed by atoms with Crippen LogP contribution in [0.3, 0.4) is 0 Å². The molecule has 216 valence electrons. The van der Waals surface area contributed by atoms with Gasteiger partial charge in [0.25, 0.3) is 0 Å². The molecule has 0 aliphatic carbocycles. The van der Waals surface area contributed by atoms with E-state index in [-0.39, 0.29) is 12.5 Å². The molecular weight excluding hydrogens is 446 g/mol. The molecule has 4 heteroatoms. The van der Waals surface area contributed by atoms with Gasteiger partial charge in [-0.3, -0.25) is 4.79 Å². The van der Waals surface area contributed by atoms with E-state index in [1.54, 1.807) is 0 Å². The Morgan fingerprint density at radius 3 is 1.25 bits per heavy atom. The smallest absolute Gasteiger partial charge is 0.220 e. The third kappa shape index (κ3) is 25.1. The molecule has 0 fully saturated rings. The monoisotopic (exact) mass is 511 g/mol. The van der Waals surface area contributed by atoms with Gasteiger partial charge in [-0.1, -0.05) is 162 Å². The molecule has 0 rings (SSSR count). The lowest BCUT2D eigenvalue weighted by Crippen LogP contribution is -2.45. The van der Waals surface area contributed by atoms with E-state index < -0.39 is 12.1 Å². The molecule has 0 aromatic rings. The van der Waals surface area contributed by atoms with Crippen LogP contribution in [-0.4, -0.2) is 34.9 Å². The molecule has 0 aliphatic rings. The highest BCUT2D eigenvalue weighted by molar-refractivity contribution is 5.76. The van der Waals surface area contributed by atoms with Gasteiger partial charge in [0.1, 0.15) is 0 Å². The summed E-state index contributed by atoms with van der Waals surface area (Å²) in [6, 6.07) is -0.525. The zero-order valence-corrected chi connectivity index (χ0v) is 24.5. The van der Waals surface area contributed by atoms with Crippen molar-refractivity contribution >= 4 is 5.91 Å². The predicted molar refractivity (Wildman–Crippen MR) is 156 cm³/mol. The molecule has 3 N–H and O–H groups in total. The first-order valence-electron chi connectivity index (χ1n) is 16.2. The molecule has 0 aromatic carbocycles. The Morgan fingerprint density at radius 1 is 0.556 bits per heavy atom. The maximum absolute atomic E-state index is 12.2. The normalized spacial score (nSPS) is 13.1. The van der Waals surface area contributed by atoms with Gasteiger partial charge in [-0.15, -0.1) is 0 Å². The SMILES string of the molecule is CCCCCCCCCCCCCCC[C@@H](O)[C@H](CO)NC(=O)CCCCCCCCCCCCC. The fourth-order valence-electron chi connectivity index (χ4n) is 5.06. The summed E-state index contributed by atoms with van der Waals surface area (Å²) in [6.07, 6.45) is 31.4. The Hall–Kier alpha value is -0.610. The summed E-state index contributed by atoms with van der Waals surface area (Å²) in [4.78, 5) is 12.2. The van der Waals surface area contributed by atoms with Crippen molar-refractivity contribution in [3.8, 4) is 0 Å². The number of unbranched alkanes of at least 4 members (excludes halogenated alkanes) is 22. The van der Waals surface area contributed by atoms with E-state index in [1.165, 1.54) is 128 Å². The minimum Gasteiger partial charge on any atom is -0.394 e. The Balaban J connectivity index is 3.57. The van der Waals surface area contributed by atoms with Crippen molar-refractivity contribution < 1.29 is 15.0 Å². The Kier molecular flexibility index (Phi) is 28.5. The lowest BCUT2D eigenvalue weighted by Gasteiger charge is -2.22. The third-order valence-corrected chi connectivity index (χ3v) is 7.62. The van der Waals surface area contributed by atoms with Crippen LogP contribution in [0.4, 0.5) is 0 Å². The van der Waals surface area contributed by atoms with E-state index in [0.717, 1.165) is 25.7 Å². The van der Waals surface area contributed by atoms with Gasteiger partial charge in [0.2, 0.25) is 5.91 Å². The standard InChI is InChI=1S/C32H65NO3/c1-3-5-7-9-11-13-15-16-18-19-21-23-25-27-31(35)30(29-34)33-32(36)28-26-24-22-20-17-14-12-10-8-6-4-2/h30-31,34-35H,3-29H2,1-2H3,(H,33,36)/t30-,31+/m0/s1. The Labute approximate surface area is 225 Å². The second-order valence-corrected chi connectivity index (χ2v) is 11.2. The van der Waals surface area contributed by atoms with Gasteiger partial charge in [-0.25, -0.2) is 0 Å². The molecule has 0 spiro atoms. The fraction of sp³-hybridized carbons (Fsp3) is 0.969. The molecule has 2 atom stereocenters. The van der Waals surface area contributed by atoms with E-state index in [0.29, 0.717) is 12.8 Å². The summed E-state index contributed by atoms with van der Waals surface area (Å²) in [5.41, 5.74) is 0. The van der Waals surface area contributed by atoms with Crippen molar-refractivity contribution in [2.45, 2.75) is 193 Å². The molecule has 0 unspecified atom stereocenters. The minimum atomic E-state index is -0.649. The van der Waals surface area contributed by atoms with E-state index >= 15 is 0 Å². The zero-order chi connectivity index (χ0) is 26.5. The summed E-state index contributed by atoms with van der Waals surface area (Å²) in [5.74, 6) is -0.0330. The average molecular weight is 512 g/mol. The first kappa shape index (κ1) is 35.4. The second kappa shape index (κ2) is 29.0. The summed E-state index contributed by atoms with van der Waals surface area (Å²) in [7, 11) is 0. The number of nitrogens with one attached hydrogen (secondary N) is 1. The molecule has 0 aliphatic heterocycles. The Bertz CT molecular complexity index is 443. The van der Waals surface area contributed by atoms with Crippen LogP contribution in [0.5, 0.6) is 0 Å². The second-order valence-electron chi connectivity index (χ2n) is 11.2. The maximum Gasteiger partial charge on any atom is 0.220 e. The number of amides is 1. The summed E-state index contributed by atoms with van der Waals surface area (Å²) < 4.78 is 0. The van der Waals surface area contributed by atoms with Gasteiger partial charge < -0.3 is 15.5 Å². The zero-order valence-electron chi connectivity index (χ0n) is 24.5. The molecule has 36 heavy (non-hydrogen) atoms. The van der Waals surface area contributed by atoms with E-state index in [4.69, 9.17) is 0 Å². The quantitative estimate of drug-likeness (QED) is 0.0877. The van der Waals surface area contributed by atoms with Crippen LogP contribution in [0.25, 0.3) is 0 Å². The van der Waals surface area contributed by atoms with Gasteiger partial charge in [-0.2, -0.15) is 0 Å². The number of aliphatic hydroxyl groups is 2. The van der Waals surface area contributed by atoms with Crippen molar-refractivity contribution in [2.24, 2.45) is 0 Å². The first-order chi connectivity index (χ1) is 17.7. The number of aliphatic hydroxyl groups excluding tert-OH is 2. The van der Waals surface area contributed by atoms with Crippen LogP contribution in [-0.2, 0) is 4.79 Å². The molecule has 0 saturated carbocycles. The fourth-order valence-corrected chi connectivity index (χ4v) is 5.06. The molecule has 0 bridgehead atoms. The molecule has 1 amide bonds. The van der Waals surface area contributed by atoms with E-state index in [9.17, 15) is 15.0 Å². The van der Waals surface area contributed by atoms with Gasteiger partial charge >= 0.3 is 0 Å². The number of rotatable bonds is 29. The number of hydrogen-bond donors (Lipinski definition) is 3. The van der Waals surface area contributed by atoms with Crippen LogP contribution in [0.15, 0.2) is 0 Å². The summed E-state index contributed by atoms with van der Waals surface area (Å²) >= 11 is 0.